The smallest absolute Gasteiger partial charge is 0.357 e. The lowest BCUT2D eigenvalue weighted by Crippen LogP contribution is -2.46. The second-order valence-corrected chi connectivity index (χ2v) is 7.01. The van der Waals surface area contributed by atoms with Crippen molar-refractivity contribution < 1.29 is 13.2 Å². The molecule has 1 fully saturated rings. The van der Waals surface area contributed by atoms with Crippen molar-refractivity contribution in [2.45, 2.75) is 32.5 Å². The summed E-state index contributed by atoms with van der Waals surface area (Å²) < 4.78 is 36.7. The summed E-state index contributed by atoms with van der Waals surface area (Å²) in [5, 5.41) is 5.73. The van der Waals surface area contributed by atoms with Crippen LogP contribution in [0.25, 0.3) is 0 Å². The maximum atomic E-state index is 12.2. The monoisotopic (exact) mass is 399 g/mol. The van der Waals surface area contributed by atoms with Crippen molar-refractivity contribution in [1.82, 2.24) is 20.4 Å². The van der Waals surface area contributed by atoms with E-state index in [1.807, 2.05) is 13.0 Å². The normalized spacial score (nSPS) is 16.9. The molecule has 0 atom stereocenters. The second-order valence-electron chi connectivity index (χ2n) is 7.01. The van der Waals surface area contributed by atoms with E-state index in [0.717, 1.165) is 45.7 Å². The molecule has 0 unspecified atom stereocenters. The van der Waals surface area contributed by atoms with Gasteiger partial charge in [-0.05, 0) is 18.9 Å². The Labute approximate surface area is 166 Å². The fraction of sp³-hybridized carbons (Fsp3) is 0.650. The molecule has 1 aromatic rings. The molecule has 0 bridgehead atoms. The fourth-order valence-electron chi connectivity index (χ4n) is 3.16. The predicted molar refractivity (Wildman–Crippen MR) is 107 cm³/mol. The zero-order chi connectivity index (χ0) is 20.2. The van der Waals surface area contributed by atoms with Gasteiger partial charge in [-0.15, -0.1) is 0 Å². The molecule has 1 aliphatic rings. The quantitative estimate of drug-likeness (QED) is 0.381. The lowest BCUT2D eigenvalue weighted by Gasteiger charge is -2.34. The van der Waals surface area contributed by atoms with Gasteiger partial charge in [0.25, 0.3) is 0 Å². The number of piperazine rings is 1. The maximum absolute atomic E-state index is 12.2. The largest absolute Gasteiger partial charge is 0.390 e. The Bertz CT molecular complexity index is 569. The summed E-state index contributed by atoms with van der Waals surface area (Å²) in [5.74, 6) is 0.458. The number of aliphatic imine (C=N–C) groups is 1. The van der Waals surface area contributed by atoms with E-state index in [9.17, 15) is 13.2 Å². The molecule has 0 radical (unpaired) electrons. The molecule has 1 aliphatic heterocycles. The average Bonchev–Trinajstić information content (AvgIpc) is 2.66. The molecule has 0 saturated carbocycles. The van der Waals surface area contributed by atoms with Crippen LogP contribution in [-0.4, -0.2) is 74.3 Å². The summed E-state index contributed by atoms with van der Waals surface area (Å²) in [5.41, 5.74) is 1.35. The Morgan fingerprint density at radius 1 is 1.04 bits per heavy atom. The Kier molecular flexibility index (Phi) is 9.57. The molecule has 0 amide bonds. The summed E-state index contributed by atoms with van der Waals surface area (Å²) >= 11 is 0. The summed E-state index contributed by atoms with van der Waals surface area (Å²) in [6.07, 6.45) is -4.10. The van der Waals surface area contributed by atoms with E-state index >= 15 is 0 Å². The van der Waals surface area contributed by atoms with Crippen molar-refractivity contribution in [3.63, 3.8) is 0 Å². The van der Waals surface area contributed by atoms with Gasteiger partial charge in [0, 0.05) is 58.9 Å². The third kappa shape index (κ3) is 9.41. The molecule has 0 spiro atoms. The van der Waals surface area contributed by atoms with Gasteiger partial charge in [-0.2, -0.15) is 13.2 Å². The highest BCUT2D eigenvalue weighted by molar-refractivity contribution is 5.79. The Morgan fingerprint density at radius 3 is 2.36 bits per heavy atom. The van der Waals surface area contributed by atoms with Gasteiger partial charge in [0.2, 0.25) is 0 Å². The third-order valence-corrected chi connectivity index (χ3v) is 4.66. The molecule has 8 heteroatoms. The summed E-state index contributed by atoms with van der Waals surface area (Å²) in [7, 11) is 0. The van der Waals surface area contributed by atoms with Gasteiger partial charge in [-0.3, -0.25) is 9.89 Å². The van der Waals surface area contributed by atoms with Crippen molar-refractivity contribution in [3.8, 4) is 0 Å². The molecule has 28 heavy (non-hydrogen) atoms. The highest BCUT2D eigenvalue weighted by atomic mass is 19.4. The molecular formula is C20H32F3N5. The van der Waals surface area contributed by atoms with Crippen LogP contribution in [0, 0.1) is 0 Å². The van der Waals surface area contributed by atoms with Crippen LogP contribution in [-0.2, 0) is 6.54 Å². The number of benzene rings is 1. The van der Waals surface area contributed by atoms with Crippen LogP contribution >= 0.6 is 0 Å². The van der Waals surface area contributed by atoms with Crippen LogP contribution in [0.5, 0.6) is 0 Å². The SMILES string of the molecule is CCNC(=NCCCN1CCN(Cc2ccccc2)CC1)NCCC(F)(F)F. The van der Waals surface area contributed by atoms with Crippen molar-refractivity contribution in [2.75, 3.05) is 52.4 Å². The van der Waals surface area contributed by atoms with E-state index in [0.29, 0.717) is 19.0 Å². The minimum Gasteiger partial charge on any atom is -0.357 e. The van der Waals surface area contributed by atoms with Gasteiger partial charge in [-0.25, -0.2) is 0 Å². The van der Waals surface area contributed by atoms with E-state index in [2.05, 4.69) is 49.7 Å². The summed E-state index contributed by atoms with van der Waals surface area (Å²) in [6.45, 7) is 9.13. The second kappa shape index (κ2) is 11.9. The van der Waals surface area contributed by atoms with Gasteiger partial charge < -0.3 is 15.5 Å². The molecule has 2 rings (SSSR count). The first-order valence-electron chi connectivity index (χ1n) is 10.0. The number of alkyl halides is 3. The number of rotatable bonds is 9. The van der Waals surface area contributed by atoms with E-state index in [-0.39, 0.29) is 6.54 Å². The Hall–Kier alpha value is -1.80. The van der Waals surface area contributed by atoms with Crippen LogP contribution < -0.4 is 10.6 Å². The molecule has 0 aromatic heterocycles. The third-order valence-electron chi connectivity index (χ3n) is 4.66. The van der Waals surface area contributed by atoms with E-state index in [4.69, 9.17) is 0 Å². The molecule has 158 valence electrons. The average molecular weight is 400 g/mol. The van der Waals surface area contributed by atoms with E-state index in [1.54, 1.807) is 0 Å². The van der Waals surface area contributed by atoms with E-state index < -0.39 is 12.6 Å². The molecule has 1 aromatic carbocycles. The first kappa shape index (κ1) is 22.5. The van der Waals surface area contributed by atoms with Crippen LogP contribution in [0.15, 0.2) is 35.3 Å². The number of nitrogens with one attached hydrogen (secondary N) is 2. The van der Waals surface area contributed by atoms with Crippen molar-refractivity contribution >= 4 is 5.96 Å². The van der Waals surface area contributed by atoms with Gasteiger partial charge >= 0.3 is 6.18 Å². The number of guanidine groups is 1. The van der Waals surface area contributed by atoms with Crippen LogP contribution in [0.3, 0.4) is 0 Å². The first-order valence-corrected chi connectivity index (χ1v) is 10.0. The van der Waals surface area contributed by atoms with Crippen LogP contribution in [0.4, 0.5) is 13.2 Å². The zero-order valence-electron chi connectivity index (χ0n) is 16.6. The van der Waals surface area contributed by atoms with Gasteiger partial charge in [0.1, 0.15) is 0 Å². The van der Waals surface area contributed by atoms with Crippen molar-refractivity contribution in [3.05, 3.63) is 35.9 Å². The first-order chi connectivity index (χ1) is 13.5. The number of hydrogen-bond donors (Lipinski definition) is 2. The van der Waals surface area contributed by atoms with Crippen LogP contribution in [0.1, 0.15) is 25.3 Å². The van der Waals surface area contributed by atoms with Crippen molar-refractivity contribution in [1.29, 1.82) is 0 Å². The Balaban J connectivity index is 1.62. The van der Waals surface area contributed by atoms with Gasteiger partial charge in [0.15, 0.2) is 5.96 Å². The predicted octanol–water partition coefficient (Wildman–Crippen LogP) is 2.70. The summed E-state index contributed by atoms with van der Waals surface area (Å²) in [4.78, 5) is 9.28. The lowest BCUT2D eigenvalue weighted by molar-refractivity contribution is -0.132. The van der Waals surface area contributed by atoms with Gasteiger partial charge in [0.05, 0.1) is 6.42 Å². The van der Waals surface area contributed by atoms with Gasteiger partial charge in [-0.1, -0.05) is 30.3 Å². The minimum absolute atomic E-state index is 0.154. The number of nitrogens with zero attached hydrogens (tertiary/aromatic N) is 3. The van der Waals surface area contributed by atoms with Crippen LogP contribution in [0.2, 0.25) is 0 Å². The highest BCUT2D eigenvalue weighted by Crippen LogP contribution is 2.18. The number of hydrogen-bond acceptors (Lipinski definition) is 3. The maximum Gasteiger partial charge on any atom is 0.390 e. The number of halogens is 3. The lowest BCUT2D eigenvalue weighted by atomic mass is 10.2. The van der Waals surface area contributed by atoms with E-state index in [1.165, 1.54) is 5.56 Å². The van der Waals surface area contributed by atoms with Crippen molar-refractivity contribution in [2.24, 2.45) is 4.99 Å². The molecule has 5 nitrogen and oxygen atoms in total. The highest BCUT2D eigenvalue weighted by Gasteiger charge is 2.26. The molecule has 1 saturated heterocycles. The standard InChI is InChI=1S/C20H32F3N5/c1-2-24-19(26-11-9-20(21,22)23)25-10-6-12-27-13-15-28(16-14-27)17-18-7-4-3-5-8-18/h3-5,7-8H,2,6,9-17H2,1H3,(H2,24,25,26). The summed E-state index contributed by atoms with van der Waals surface area (Å²) in [6, 6.07) is 10.5. The topological polar surface area (TPSA) is 42.9 Å². The molecule has 1 heterocycles. The minimum atomic E-state index is -4.15. The fourth-order valence-corrected chi connectivity index (χ4v) is 3.16. The Morgan fingerprint density at radius 2 is 1.71 bits per heavy atom. The molecule has 0 aliphatic carbocycles. The molecular weight excluding hydrogens is 367 g/mol. The zero-order valence-corrected chi connectivity index (χ0v) is 16.6. The molecule has 2 N–H and O–H groups in total.